The lowest BCUT2D eigenvalue weighted by Gasteiger charge is -2.29. The van der Waals surface area contributed by atoms with E-state index in [9.17, 15) is 13.6 Å². The number of carbonyl (C=O) groups excluding carboxylic acids is 1. The van der Waals surface area contributed by atoms with Crippen molar-refractivity contribution in [1.29, 1.82) is 0 Å². The normalized spacial score (nSPS) is 11.9. The van der Waals surface area contributed by atoms with Crippen LogP contribution < -0.4 is 0 Å². The molecule has 0 bridgehead atoms. The van der Waals surface area contributed by atoms with Crippen molar-refractivity contribution in [3.63, 3.8) is 0 Å². The van der Waals surface area contributed by atoms with Crippen LogP contribution in [0.5, 0.6) is 0 Å². The van der Waals surface area contributed by atoms with Crippen LogP contribution in [0, 0.1) is 0 Å². The van der Waals surface area contributed by atoms with Gasteiger partial charge in [-0.3, -0.25) is 9.69 Å². The van der Waals surface area contributed by atoms with E-state index in [4.69, 9.17) is 0 Å². The summed E-state index contributed by atoms with van der Waals surface area (Å²) < 4.78 is 32.8. The lowest BCUT2D eigenvalue weighted by molar-refractivity contribution is -0.144. The fourth-order valence-electron chi connectivity index (χ4n) is 1.68. The van der Waals surface area contributed by atoms with Crippen molar-refractivity contribution in [2.45, 2.75) is 25.8 Å². The molecule has 0 amide bonds. The number of carbonyl (C=O) groups is 1. The molecule has 0 atom stereocenters. The van der Waals surface area contributed by atoms with Crippen molar-refractivity contribution in [3.05, 3.63) is 35.9 Å². The van der Waals surface area contributed by atoms with Crippen LogP contribution in [0.15, 0.2) is 30.3 Å². The largest absolute Gasteiger partial charge is 0.468 e. The van der Waals surface area contributed by atoms with Crippen LogP contribution in [0.3, 0.4) is 0 Å². The first kappa shape index (κ1) is 15.6. The standard InChI is InChI=1S/C14H19F2NO2/c1-11(2)17(9-13(18)19-3)10-14(15,16)12-7-5-4-6-8-12/h4-8,11H,9-10H2,1-3H3. The van der Waals surface area contributed by atoms with Crippen LogP contribution >= 0.6 is 0 Å². The van der Waals surface area contributed by atoms with E-state index >= 15 is 0 Å². The third kappa shape index (κ3) is 4.59. The second-order valence-corrected chi connectivity index (χ2v) is 4.65. The number of alkyl halides is 2. The Kier molecular flexibility index (Phi) is 5.42. The zero-order chi connectivity index (χ0) is 14.5. The van der Waals surface area contributed by atoms with Gasteiger partial charge in [-0.25, -0.2) is 0 Å². The molecule has 0 unspecified atom stereocenters. The van der Waals surface area contributed by atoms with Gasteiger partial charge >= 0.3 is 5.97 Å². The Morgan fingerprint density at radius 2 is 1.89 bits per heavy atom. The molecule has 5 heteroatoms. The lowest BCUT2D eigenvalue weighted by Crippen LogP contribution is -2.42. The third-order valence-electron chi connectivity index (χ3n) is 2.89. The highest BCUT2D eigenvalue weighted by Gasteiger charge is 2.35. The number of hydrogen-bond acceptors (Lipinski definition) is 3. The van der Waals surface area contributed by atoms with Gasteiger partial charge in [-0.2, -0.15) is 8.78 Å². The number of nitrogens with zero attached hydrogens (tertiary/aromatic N) is 1. The molecular formula is C14H19F2NO2. The van der Waals surface area contributed by atoms with Gasteiger partial charge in [-0.15, -0.1) is 0 Å². The van der Waals surface area contributed by atoms with E-state index in [-0.39, 0.29) is 18.2 Å². The Bertz CT molecular complexity index is 407. The van der Waals surface area contributed by atoms with Crippen molar-refractivity contribution in [2.75, 3.05) is 20.2 Å². The number of ether oxygens (including phenoxy) is 1. The van der Waals surface area contributed by atoms with Gasteiger partial charge in [0.05, 0.1) is 20.2 Å². The minimum Gasteiger partial charge on any atom is -0.468 e. The van der Waals surface area contributed by atoms with Gasteiger partial charge in [-0.1, -0.05) is 30.3 Å². The van der Waals surface area contributed by atoms with Crippen LogP contribution in [0.1, 0.15) is 19.4 Å². The summed E-state index contributed by atoms with van der Waals surface area (Å²) in [5, 5.41) is 0. The van der Waals surface area contributed by atoms with Crippen molar-refractivity contribution in [3.8, 4) is 0 Å². The predicted octanol–water partition coefficient (Wildman–Crippen LogP) is 2.66. The van der Waals surface area contributed by atoms with Crippen LogP contribution in [-0.4, -0.2) is 37.1 Å². The molecule has 0 radical (unpaired) electrons. The summed E-state index contributed by atoms with van der Waals surface area (Å²) in [6.45, 7) is 2.88. The van der Waals surface area contributed by atoms with E-state index in [1.807, 2.05) is 0 Å². The number of hydrogen-bond donors (Lipinski definition) is 0. The lowest BCUT2D eigenvalue weighted by atomic mass is 10.1. The van der Waals surface area contributed by atoms with Crippen molar-refractivity contribution in [1.82, 2.24) is 4.90 Å². The highest BCUT2D eigenvalue weighted by Crippen LogP contribution is 2.29. The van der Waals surface area contributed by atoms with E-state index < -0.39 is 18.4 Å². The second kappa shape index (κ2) is 6.61. The van der Waals surface area contributed by atoms with E-state index in [0.29, 0.717) is 0 Å². The van der Waals surface area contributed by atoms with Gasteiger partial charge < -0.3 is 4.74 Å². The molecule has 1 aromatic carbocycles. The molecule has 0 aromatic heterocycles. The molecule has 0 aliphatic heterocycles. The fraction of sp³-hybridized carbons (Fsp3) is 0.500. The third-order valence-corrected chi connectivity index (χ3v) is 2.89. The summed E-state index contributed by atoms with van der Waals surface area (Å²) in [5.41, 5.74) is -0.0504. The first-order valence-corrected chi connectivity index (χ1v) is 6.11. The zero-order valence-electron chi connectivity index (χ0n) is 11.4. The monoisotopic (exact) mass is 271 g/mol. The highest BCUT2D eigenvalue weighted by atomic mass is 19.3. The Balaban J connectivity index is 2.80. The number of esters is 1. The molecule has 0 saturated heterocycles. The number of halogens is 2. The van der Waals surface area contributed by atoms with Crippen molar-refractivity contribution in [2.24, 2.45) is 0 Å². The SMILES string of the molecule is COC(=O)CN(CC(F)(F)c1ccccc1)C(C)C. The minimum absolute atomic E-state index is 0.0504. The smallest absolute Gasteiger partial charge is 0.319 e. The second-order valence-electron chi connectivity index (χ2n) is 4.65. The van der Waals surface area contributed by atoms with Gasteiger partial charge in [0.2, 0.25) is 0 Å². The molecule has 0 spiro atoms. The van der Waals surface area contributed by atoms with E-state index in [0.717, 1.165) is 0 Å². The van der Waals surface area contributed by atoms with Crippen LogP contribution in [-0.2, 0) is 15.5 Å². The molecule has 1 aromatic rings. The van der Waals surface area contributed by atoms with Crippen molar-refractivity contribution < 1.29 is 18.3 Å². The number of benzene rings is 1. The first-order chi connectivity index (χ1) is 8.86. The Morgan fingerprint density at radius 3 is 2.37 bits per heavy atom. The minimum atomic E-state index is -3.00. The van der Waals surface area contributed by atoms with Gasteiger partial charge in [0, 0.05) is 11.6 Å². The fourth-order valence-corrected chi connectivity index (χ4v) is 1.68. The van der Waals surface area contributed by atoms with Crippen molar-refractivity contribution >= 4 is 5.97 Å². The molecular weight excluding hydrogens is 252 g/mol. The summed E-state index contributed by atoms with van der Waals surface area (Å²) in [4.78, 5) is 12.6. The first-order valence-electron chi connectivity index (χ1n) is 6.11. The summed E-state index contributed by atoms with van der Waals surface area (Å²) in [6.07, 6.45) is 0. The number of methoxy groups -OCH3 is 1. The summed E-state index contributed by atoms with van der Waals surface area (Å²) in [7, 11) is 1.25. The average Bonchev–Trinajstić information content (AvgIpc) is 2.38. The average molecular weight is 271 g/mol. The topological polar surface area (TPSA) is 29.5 Å². The Hall–Kier alpha value is -1.49. The summed E-state index contributed by atoms with van der Waals surface area (Å²) >= 11 is 0. The van der Waals surface area contributed by atoms with Crippen LogP contribution in [0.25, 0.3) is 0 Å². The Morgan fingerprint density at radius 1 is 1.32 bits per heavy atom. The highest BCUT2D eigenvalue weighted by molar-refractivity contribution is 5.71. The van der Waals surface area contributed by atoms with E-state index in [2.05, 4.69) is 4.74 Å². The quantitative estimate of drug-likeness (QED) is 0.745. The Labute approximate surface area is 112 Å². The van der Waals surface area contributed by atoms with E-state index in [1.165, 1.54) is 24.1 Å². The van der Waals surface area contributed by atoms with Gasteiger partial charge in [0.25, 0.3) is 5.92 Å². The maximum Gasteiger partial charge on any atom is 0.319 e. The molecule has 19 heavy (non-hydrogen) atoms. The van der Waals surface area contributed by atoms with Gasteiger partial charge in [0.1, 0.15) is 0 Å². The molecule has 0 aliphatic rings. The molecule has 3 nitrogen and oxygen atoms in total. The molecule has 1 rings (SSSR count). The summed E-state index contributed by atoms with van der Waals surface area (Å²) in [5.74, 6) is -3.52. The predicted molar refractivity (Wildman–Crippen MR) is 69.1 cm³/mol. The number of rotatable bonds is 6. The van der Waals surface area contributed by atoms with Gasteiger partial charge in [-0.05, 0) is 13.8 Å². The zero-order valence-corrected chi connectivity index (χ0v) is 11.4. The molecule has 0 saturated carbocycles. The van der Waals surface area contributed by atoms with Gasteiger partial charge in [0.15, 0.2) is 0 Å². The van der Waals surface area contributed by atoms with E-state index in [1.54, 1.807) is 32.0 Å². The molecule has 0 fully saturated rings. The maximum atomic E-state index is 14.1. The molecule has 0 aliphatic carbocycles. The molecule has 106 valence electrons. The summed E-state index contributed by atoms with van der Waals surface area (Å²) in [6, 6.07) is 7.43. The molecule has 0 heterocycles. The molecule has 0 N–H and O–H groups in total. The maximum absolute atomic E-state index is 14.1. The van der Waals surface area contributed by atoms with Crippen LogP contribution in [0.2, 0.25) is 0 Å². The van der Waals surface area contributed by atoms with Crippen LogP contribution in [0.4, 0.5) is 8.78 Å².